The number of nitrogens with one attached hydrogen (secondary N) is 2. The number of hydrogen-bond acceptors (Lipinski definition) is 8. The molecule has 10 nitrogen and oxygen atoms in total. The minimum absolute atomic E-state index is 0.206. The van der Waals surface area contributed by atoms with Gasteiger partial charge in [0, 0.05) is 28.4 Å². The molecule has 1 amide bonds. The Morgan fingerprint density at radius 1 is 0.977 bits per heavy atom. The van der Waals surface area contributed by atoms with Crippen LogP contribution in [0.5, 0.6) is 5.75 Å². The van der Waals surface area contributed by atoms with E-state index in [1.165, 1.54) is 30.2 Å². The number of esters is 1. The molecule has 5 aromatic rings. The number of pyridine rings is 1. The summed E-state index contributed by atoms with van der Waals surface area (Å²) in [6, 6.07) is 26.1. The molecule has 0 radical (unpaired) electrons. The highest BCUT2D eigenvalue weighted by atomic mass is 32.2. The summed E-state index contributed by atoms with van der Waals surface area (Å²) in [6.45, 7) is 1.54. The summed E-state index contributed by atoms with van der Waals surface area (Å²) in [6.07, 6.45) is 5.28. The summed E-state index contributed by atoms with van der Waals surface area (Å²) >= 11 is 1.38. The largest absolute Gasteiger partial charge is 0.468 e. The van der Waals surface area contributed by atoms with E-state index >= 15 is 0 Å². The lowest BCUT2D eigenvalue weighted by Gasteiger charge is -2.23. The molecule has 224 valence electrons. The number of hydrogen-bond donors (Lipinski definition) is 2. The van der Waals surface area contributed by atoms with Crippen LogP contribution in [-0.4, -0.2) is 46.6 Å². The first kappa shape index (κ1) is 30.7. The Labute approximate surface area is 259 Å². The predicted molar refractivity (Wildman–Crippen MR) is 172 cm³/mol. The molecule has 2 aromatic heterocycles. The number of benzene rings is 3. The third kappa shape index (κ3) is 6.92. The van der Waals surface area contributed by atoms with Crippen LogP contribution in [0.4, 0.5) is 0 Å². The van der Waals surface area contributed by atoms with Crippen molar-refractivity contribution in [3.05, 3.63) is 114 Å². The van der Waals surface area contributed by atoms with E-state index in [2.05, 4.69) is 15.4 Å². The van der Waals surface area contributed by atoms with Crippen molar-refractivity contribution < 1.29 is 23.4 Å². The summed E-state index contributed by atoms with van der Waals surface area (Å²) in [7, 11) is -1.30. The molecule has 0 saturated heterocycles. The Balaban J connectivity index is 1.66. The number of nitrogens with zero attached hydrogens (tertiary/aromatic N) is 3. The molecule has 0 spiro atoms. The summed E-state index contributed by atoms with van der Waals surface area (Å²) in [5.74, 6) is -0.502. The number of ether oxygens (including phenoxy) is 1. The van der Waals surface area contributed by atoms with E-state index in [-0.39, 0.29) is 5.91 Å². The smallest absolute Gasteiger partial charge is 0.440 e. The topological polar surface area (TPSA) is 124 Å². The van der Waals surface area contributed by atoms with Crippen LogP contribution in [0.15, 0.2) is 107 Å². The van der Waals surface area contributed by atoms with Crippen molar-refractivity contribution in [3.8, 4) is 5.75 Å². The number of rotatable bonds is 11. The maximum absolute atomic E-state index is 14.8. The van der Waals surface area contributed by atoms with Gasteiger partial charge < -0.3 is 14.6 Å². The third-order valence-electron chi connectivity index (χ3n) is 6.48. The van der Waals surface area contributed by atoms with E-state index in [1.807, 2.05) is 60.7 Å². The van der Waals surface area contributed by atoms with E-state index in [1.54, 1.807) is 55.7 Å². The van der Waals surface area contributed by atoms with Crippen molar-refractivity contribution in [1.82, 2.24) is 24.9 Å². The first-order chi connectivity index (χ1) is 21.3. The lowest BCUT2D eigenvalue weighted by Crippen LogP contribution is -2.36. The Kier molecular flexibility index (Phi) is 9.59. The van der Waals surface area contributed by atoms with Gasteiger partial charge in [0.05, 0.1) is 29.6 Å². The van der Waals surface area contributed by atoms with Gasteiger partial charge in [-0.15, -0.1) is 0 Å². The fourth-order valence-corrected chi connectivity index (χ4v) is 7.24. The van der Waals surface area contributed by atoms with Gasteiger partial charge in [0.1, 0.15) is 11.8 Å². The van der Waals surface area contributed by atoms with Gasteiger partial charge in [-0.05, 0) is 73.7 Å². The Bertz CT molecular complexity index is 1860. The summed E-state index contributed by atoms with van der Waals surface area (Å²) < 4.78 is 27.1. The molecule has 0 aliphatic carbocycles. The van der Waals surface area contributed by atoms with Gasteiger partial charge in [0.25, 0.3) is 5.91 Å². The molecule has 0 saturated carbocycles. The molecule has 3 aromatic carbocycles. The van der Waals surface area contributed by atoms with Crippen molar-refractivity contribution in [2.45, 2.75) is 22.8 Å². The molecule has 0 aliphatic heterocycles. The number of fused-ring (bicyclic) bond motifs is 1. The van der Waals surface area contributed by atoms with Crippen LogP contribution in [-0.2, 0) is 14.1 Å². The van der Waals surface area contributed by atoms with E-state index in [0.29, 0.717) is 33.6 Å². The van der Waals surface area contributed by atoms with Crippen LogP contribution < -0.4 is 14.9 Å². The normalized spacial score (nSPS) is 13.3. The standard InChI is InChI=1S/C32H30N5O5PS/c1-22(32(39)41-3)36-43(40,42-24-12-5-4-6-13-24)37-29-21-25(44-30-15-8-7-14-27(30)31(38)33-2)17-18-26(29)28(35-37)19-16-23-11-9-10-20-34-23/h4-22H,1-3H3,(H,33,38)(H,36,40)/b19-16+. The van der Waals surface area contributed by atoms with Crippen molar-refractivity contribution in [2.24, 2.45) is 0 Å². The highest BCUT2D eigenvalue weighted by Gasteiger charge is 2.35. The van der Waals surface area contributed by atoms with Gasteiger partial charge in [-0.1, -0.05) is 48.2 Å². The minimum Gasteiger partial charge on any atom is -0.468 e. The van der Waals surface area contributed by atoms with E-state index in [0.717, 1.165) is 9.79 Å². The molecule has 2 atom stereocenters. The van der Waals surface area contributed by atoms with Gasteiger partial charge >= 0.3 is 13.6 Å². The monoisotopic (exact) mass is 627 g/mol. The maximum atomic E-state index is 14.8. The van der Waals surface area contributed by atoms with Crippen LogP contribution in [0.1, 0.15) is 28.7 Å². The number of carbonyl (C=O) groups excluding carboxylic acids is 2. The minimum atomic E-state index is -4.14. The van der Waals surface area contributed by atoms with Gasteiger partial charge in [-0.2, -0.15) is 9.55 Å². The highest BCUT2D eigenvalue weighted by Crippen LogP contribution is 2.48. The number of para-hydroxylation sites is 1. The van der Waals surface area contributed by atoms with Crippen molar-refractivity contribution >= 4 is 54.4 Å². The van der Waals surface area contributed by atoms with E-state index < -0.39 is 19.7 Å². The summed E-state index contributed by atoms with van der Waals surface area (Å²) in [4.78, 5) is 30.8. The molecule has 12 heteroatoms. The molecule has 5 rings (SSSR count). The Hall–Kier alpha value is -4.70. The molecule has 2 heterocycles. The molecular weight excluding hydrogens is 597 g/mol. The average molecular weight is 628 g/mol. The quantitative estimate of drug-likeness (QED) is 0.128. The Morgan fingerprint density at radius 3 is 2.45 bits per heavy atom. The lowest BCUT2D eigenvalue weighted by molar-refractivity contribution is -0.142. The first-order valence-corrected chi connectivity index (χ1v) is 16.0. The molecule has 44 heavy (non-hydrogen) atoms. The van der Waals surface area contributed by atoms with Gasteiger partial charge in [-0.25, -0.2) is 9.65 Å². The van der Waals surface area contributed by atoms with Gasteiger partial charge in [-0.3, -0.25) is 14.6 Å². The first-order valence-electron chi connectivity index (χ1n) is 13.6. The molecule has 2 N–H and O–H groups in total. The molecule has 2 unspecified atom stereocenters. The zero-order chi connectivity index (χ0) is 31.1. The summed E-state index contributed by atoms with van der Waals surface area (Å²) in [5, 5.41) is 11.0. The fourth-order valence-electron chi connectivity index (χ4n) is 4.35. The average Bonchev–Trinajstić information content (AvgIpc) is 3.42. The molecule has 0 bridgehead atoms. The van der Waals surface area contributed by atoms with Crippen LogP contribution >= 0.6 is 19.4 Å². The highest BCUT2D eigenvalue weighted by molar-refractivity contribution is 7.99. The Morgan fingerprint density at radius 2 is 1.73 bits per heavy atom. The second-order valence-corrected chi connectivity index (χ2v) is 12.5. The third-order valence-corrected chi connectivity index (χ3v) is 9.52. The predicted octanol–water partition coefficient (Wildman–Crippen LogP) is 6.30. The van der Waals surface area contributed by atoms with Crippen molar-refractivity contribution in [2.75, 3.05) is 14.2 Å². The van der Waals surface area contributed by atoms with E-state index in [9.17, 15) is 14.2 Å². The molecular formula is C32H30N5O5PS. The van der Waals surface area contributed by atoms with Crippen LogP contribution in [0.3, 0.4) is 0 Å². The number of methoxy groups -OCH3 is 1. The number of carbonyl (C=O) groups is 2. The number of aromatic nitrogens is 3. The fraction of sp³-hybridized carbons (Fsp3) is 0.125. The maximum Gasteiger partial charge on any atom is 0.440 e. The summed E-state index contributed by atoms with van der Waals surface area (Å²) in [5.41, 5.74) is 2.24. The van der Waals surface area contributed by atoms with Crippen LogP contribution in [0, 0.1) is 0 Å². The molecule has 0 aliphatic rings. The second-order valence-electron chi connectivity index (χ2n) is 9.52. The molecule has 0 fully saturated rings. The van der Waals surface area contributed by atoms with Crippen LogP contribution in [0.2, 0.25) is 0 Å². The van der Waals surface area contributed by atoms with Crippen molar-refractivity contribution in [1.29, 1.82) is 0 Å². The van der Waals surface area contributed by atoms with Gasteiger partial charge in [0.15, 0.2) is 0 Å². The van der Waals surface area contributed by atoms with Crippen molar-refractivity contribution in [3.63, 3.8) is 0 Å². The zero-order valence-corrected chi connectivity index (χ0v) is 25.9. The van der Waals surface area contributed by atoms with Gasteiger partial charge in [0.2, 0.25) is 0 Å². The second kappa shape index (κ2) is 13.7. The SMILES string of the molecule is CNC(=O)c1ccccc1Sc1ccc2c(/C=C/c3ccccn3)nn(P(=O)(NC(C)C(=O)OC)Oc3ccccc3)c2c1. The zero-order valence-electron chi connectivity index (χ0n) is 24.2. The lowest BCUT2D eigenvalue weighted by atomic mass is 10.2. The van der Waals surface area contributed by atoms with E-state index in [4.69, 9.17) is 14.4 Å². The number of amides is 1. The van der Waals surface area contributed by atoms with Crippen LogP contribution in [0.25, 0.3) is 23.1 Å².